The number of hydrogen-bond donors (Lipinski definition) is 2. The Morgan fingerprint density at radius 1 is 1.59 bits per heavy atom. The molecule has 0 fully saturated rings. The average Bonchev–Trinajstić information content (AvgIpc) is 2.29. The van der Waals surface area contributed by atoms with Crippen LogP contribution < -0.4 is 10.6 Å². The van der Waals surface area contributed by atoms with Crippen molar-refractivity contribution in [2.24, 2.45) is 5.73 Å². The van der Waals surface area contributed by atoms with Gasteiger partial charge in [-0.25, -0.2) is 4.79 Å². The molecule has 0 bridgehead atoms. The van der Waals surface area contributed by atoms with Crippen molar-refractivity contribution in [3.8, 4) is 0 Å². The maximum atomic E-state index is 11.3. The number of fused-ring (bicyclic) bond motifs is 1. The smallest absolute Gasteiger partial charge is 0.326 e. The van der Waals surface area contributed by atoms with Crippen molar-refractivity contribution in [2.45, 2.75) is 31.8 Å². The van der Waals surface area contributed by atoms with Crippen molar-refractivity contribution in [3.63, 3.8) is 0 Å². The summed E-state index contributed by atoms with van der Waals surface area (Å²) in [4.78, 5) is 13.2. The van der Waals surface area contributed by atoms with E-state index in [1.54, 1.807) is 0 Å². The number of nitrogens with two attached hydrogens (primary N) is 1. The van der Waals surface area contributed by atoms with Gasteiger partial charge in [-0.3, -0.25) is 0 Å². The van der Waals surface area contributed by atoms with Crippen molar-refractivity contribution in [2.75, 3.05) is 11.4 Å². The summed E-state index contributed by atoms with van der Waals surface area (Å²) in [6.07, 6.45) is 1.40. The molecule has 0 saturated heterocycles. The Kier molecular flexibility index (Phi) is 3.33. The number of carboxylic acid groups (broad SMARTS) is 1. The summed E-state index contributed by atoms with van der Waals surface area (Å²) in [6.45, 7) is 2.50. The van der Waals surface area contributed by atoms with E-state index in [4.69, 9.17) is 5.73 Å². The third-order valence-electron chi connectivity index (χ3n) is 3.26. The summed E-state index contributed by atoms with van der Waals surface area (Å²) in [5, 5.41) is 9.25. The van der Waals surface area contributed by atoms with E-state index in [0.29, 0.717) is 13.0 Å². The van der Waals surface area contributed by atoms with Crippen LogP contribution in [-0.2, 0) is 11.2 Å². The van der Waals surface area contributed by atoms with E-state index >= 15 is 0 Å². The first kappa shape index (κ1) is 11.9. The van der Waals surface area contributed by atoms with Gasteiger partial charge in [-0.05, 0) is 24.5 Å². The summed E-state index contributed by atoms with van der Waals surface area (Å²) in [5.41, 5.74) is 8.16. The van der Waals surface area contributed by atoms with Crippen LogP contribution in [0.15, 0.2) is 24.3 Å². The van der Waals surface area contributed by atoms with Crippen LogP contribution in [0.1, 0.15) is 18.9 Å². The highest BCUT2D eigenvalue weighted by molar-refractivity contribution is 5.79. The lowest BCUT2D eigenvalue weighted by atomic mass is 9.96. The second kappa shape index (κ2) is 4.75. The normalized spacial score (nSPS) is 20.8. The first-order valence-corrected chi connectivity index (χ1v) is 5.96. The molecule has 0 amide bonds. The van der Waals surface area contributed by atoms with Gasteiger partial charge in [0.15, 0.2) is 0 Å². The minimum absolute atomic E-state index is 0.0123. The Morgan fingerprint density at radius 3 is 2.94 bits per heavy atom. The first-order valence-electron chi connectivity index (χ1n) is 5.96. The number of anilines is 1. The highest BCUT2D eigenvalue weighted by Gasteiger charge is 2.30. The Bertz CT molecular complexity index is 420. The zero-order valence-electron chi connectivity index (χ0n) is 9.97. The Hall–Kier alpha value is -1.55. The molecule has 1 aromatic carbocycles. The molecule has 2 atom stereocenters. The zero-order chi connectivity index (χ0) is 12.4. The summed E-state index contributed by atoms with van der Waals surface area (Å²) >= 11 is 0. The monoisotopic (exact) mass is 234 g/mol. The highest BCUT2D eigenvalue weighted by atomic mass is 16.4. The molecule has 3 N–H and O–H groups in total. The van der Waals surface area contributed by atoms with Gasteiger partial charge in [0.05, 0.1) is 0 Å². The van der Waals surface area contributed by atoms with Crippen LogP contribution in [0.4, 0.5) is 5.69 Å². The number of carboxylic acids is 1. The predicted molar refractivity (Wildman–Crippen MR) is 67.2 cm³/mol. The molecular weight excluding hydrogens is 216 g/mol. The van der Waals surface area contributed by atoms with Crippen molar-refractivity contribution >= 4 is 11.7 Å². The molecule has 2 unspecified atom stereocenters. The number of rotatable bonds is 3. The minimum atomic E-state index is -0.781. The van der Waals surface area contributed by atoms with E-state index in [1.807, 2.05) is 36.1 Å². The van der Waals surface area contributed by atoms with Crippen molar-refractivity contribution in [1.29, 1.82) is 0 Å². The lowest BCUT2D eigenvalue weighted by molar-refractivity contribution is -0.138. The number of carbonyl (C=O) groups is 1. The van der Waals surface area contributed by atoms with Gasteiger partial charge in [-0.1, -0.05) is 25.1 Å². The molecule has 1 aromatic rings. The Balaban J connectivity index is 2.38. The fourth-order valence-corrected chi connectivity index (χ4v) is 2.49. The molecule has 4 nitrogen and oxygen atoms in total. The predicted octanol–water partition coefficient (Wildman–Crippen LogP) is 1.24. The zero-order valence-corrected chi connectivity index (χ0v) is 9.97. The van der Waals surface area contributed by atoms with Gasteiger partial charge in [0.25, 0.3) is 0 Å². The first-order chi connectivity index (χ1) is 8.13. The van der Waals surface area contributed by atoms with Gasteiger partial charge in [0, 0.05) is 18.3 Å². The maximum absolute atomic E-state index is 11.3. The molecule has 92 valence electrons. The van der Waals surface area contributed by atoms with Crippen LogP contribution in [0, 0.1) is 0 Å². The molecule has 2 rings (SSSR count). The largest absolute Gasteiger partial charge is 0.480 e. The second-order valence-electron chi connectivity index (χ2n) is 4.51. The van der Waals surface area contributed by atoms with Crippen LogP contribution in [0.5, 0.6) is 0 Å². The lowest BCUT2D eigenvalue weighted by Gasteiger charge is -2.38. The van der Waals surface area contributed by atoms with Gasteiger partial charge in [-0.2, -0.15) is 0 Å². The van der Waals surface area contributed by atoms with Gasteiger partial charge in [0.1, 0.15) is 6.04 Å². The molecule has 0 radical (unpaired) electrons. The molecule has 0 aliphatic carbocycles. The number of aliphatic carboxylic acids is 1. The standard InChI is InChI=1S/C13H18N2O2/c1-2-11(13(16)17)15-8-10(14)7-9-5-3-4-6-12(9)15/h3-6,10-11H,2,7-8,14H2,1H3,(H,16,17). The van der Waals surface area contributed by atoms with E-state index in [1.165, 1.54) is 0 Å². The number of hydrogen-bond acceptors (Lipinski definition) is 3. The van der Waals surface area contributed by atoms with Gasteiger partial charge < -0.3 is 15.7 Å². The molecular formula is C13H18N2O2. The fourth-order valence-electron chi connectivity index (χ4n) is 2.49. The van der Waals surface area contributed by atoms with Crippen LogP contribution in [0.25, 0.3) is 0 Å². The molecule has 0 aromatic heterocycles. The summed E-state index contributed by atoms with van der Waals surface area (Å²) < 4.78 is 0. The van der Waals surface area contributed by atoms with E-state index in [9.17, 15) is 9.90 Å². The summed E-state index contributed by atoms with van der Waals surface area (Å²) in [7, 11) is 0. The minimum Gasteiger partial charge on any atom is -0.480 e. The van der Waals surface area contributed by atoms with E-state index < -0.39 is 12.0 Å². The molecule has 17 heavy (non-hydrogen) atoms. The average molecular weight is 234 g/mol. The van der Waals surface area contributed by atoms with Gasteiger partial charge in [0.2, 0.25) is 0 Å². The third-order valence-corrected chi connectivity index (χ3v) is 3.26. The van der Waals surface area contributed by atoms with Crippen LogP contribution in [0.3, 0.4) is 0 Å². The van der Waals surface area contributed by atoms with Crippen LogP contribution in [-0.4, -0.2) is 29.7 Å². The molecule has 1 heterocycles. The fraction of sp³-hybridized carbons (Fsp3) is 0.462. The topological polar surface area (TPSA) is 66.6 Å². The number of nitrogens with zero attached hydrogens (tertiary/aromatic N) is 1. The number of para-hydroxylation sites is 1. The Labute approximate surface area is 101 Å². The van der Waals surface area contributed by atoms with Crippen molar-refractivity contribution in [3.05, 3.63) is 29.8 Å². The van der Waals surface area contributed by atoms with E-state index in [0.717, 1.165) is 17.7 Å². The SMILES string of the molecule is CCC(C(=O)O)N1CC(N)Cc2ccccc21. The third kappa shape index (κ3) is 2.26. The quantitative estimate of drug-likeness (QED) is 0.825. The molecule has 0 saturated carbocycles. The number of benzene rings is 1. The summed E-state index contributed by atoms with van der Waals surface area (Å²) in [5.74, 6) is -0.781. The maximum Gasteiger partial charge on any atom is 0.326 e. The van der Waals surface area contributed by atoms with Gasteiger partial charge >= 0.3 is 5.97 Å². The van der Waals surface area contributed by atoms with Crippen molar-refractivity contribution in [1.82, 2.24) is 0 Å². The van der Waals surface area contributed by atoms with Gasteiger partial charge in [-0.15, -0.1) is 0 Å². The molecule has 0 spiro atoms. The molecule has 1 aliphatic rings. The van der Waals surface area contributed by atoms with Crippen molar-refractivity contribution < 1.29 is 9.90 Å². The van der Waals surface area contributed by atoms with Crippen LogP contribution in [0.2, 0.25) is 0 Å². The highest BCUT2D eigenvalue weighted by Crippen LogP contribution is 2.28. The molecule has 4 heteroatoms. The Morgan fingerprint density at radius 2 is 2.29 bits per heavy atom. The van der Waals surface area contributed by atoms with Crippen LogP contribution >= 0.6 is 0 Å². The molecule has 1 aliphatic heterocycles. The summed E-state index contributed by atoms with van der Waals surface area (Å²) in [6, 6.07) is 7.44. The van der Waals surface area contributed by atoms with E-state index in [2.05, 4.69) is 0 Å². The van der Waals surface area contributed by atoms with E-state index in [-0.39, 0.29) is 6.04 Å². The lowest BCUT2D eigenvalue weighted by Crippen LogP contribution is -2.50. The second-order valence-corrected chi connectivity index (χ2v) is 4.51.